The van der Waals surface area contributed by atoms with Crippen molar-refractivity contribution in [3.63, 3.8) is 0 Å². The second kappa shape index (κ2) is 23.3. The summed E-state index contributed by atoms with van der Waals surface area (Å²) in [6.07, 6.45) is -3.88. The SMILES string of the molecule is O=CNCc1cc(COc2ccc(CCNC(=O)CC[C@H](NC(=O)CC[C@H](NC(=O)C(O)CC(C(=O)O)C(CCC(=O)O)C(=O)O)C(=O)O)C(=O)O)cc2)co1. The van der Waals surface area contributed by atoms with Crippen molar-refractivity contribution in [1.82, 2.24) is 21.3 Å². The highest BCUT2D eigenvalue weighted by Crippen LogP contribution is 2.24. The molecule has 0 fully saturated rings. The van der Waals surface area contributed by atoms with Gasteiger partial charge in [0.2, 0.25) is 24.1 Å². The minimum atomic E-state index is -2.23. The lowest BCUT2D eigenvalue weighted by Crippen LogP contribution is -2.48. The second-order valence-electron chi connectivity index (χ2n) is 12.5. The number of hydrogen-bond donors (Lipinski definition) is 10. The normalized spacial score (nSPS) is 13.4. The highest BCUT2D eigenvalue weighted by Gasteiger charge is 2.37. The number of benzene rings is 1. The molecule has 3 unspecified atom stereocenters. The van der Waals surface area contributed by atoms with Gasteiger partial charge in [0.1, 0.15) is 36.3 Å². The van der Waals surface area contributed by atoms with Crippen LogP contribution in [0, 0.1) is 11.8 Å². The lowest BCUT2D eigenvalue weighted by molar-refractivity contribution is -0.157. The Bertz CT molecular complexity index is 1690. The molecule has 1 aromatic carbocycles. The van der Waals surface area contributed by atoms with Gasteiger partial charge < -0.3 is 61.1 Å². The first kappa shape index (κ1) is 45.6. The highest BCUT2D eigenvalue weighted by molar-refractivity contribution is 5.88. The number of furan rings is 1. The van der Waals surface area contributed by atoms with Gasteiger partial charge in [-0.05, 0) is 55.9 Å². The summed E-state index contributed by atoms with van der Waals surface area (Å²) in [5.41, 5.74) is 1.64. The molecule has 10 N–H and O–H groups in total. The van der Waals surface area contributed by atoms with Crippen LogP contribution < -0.4 is 26.0 Å². The first-order valence-corrected chi connectivity index (χ1v) is 17.1. The third kappa shape index (κ3) is 16.7. The van der Waals surface area contributed by atoms with Gasteiger partial charge in [-0.15, -0.1) is 0 Å². The number of ether oxygens (including phenoxy) is 1. The van der Waals surface area contributed by atoms with E-state index >= 15 is 0 Å². The molecule has 0 aliphatic rings. The van der Waals surface area contributed by atoms with Gasteiger partial charge in [0.25, 0.3) is 0 Å². The molecule has 0 saturated heterocycles. The second-order valence-corrected chi connectivity index (χ2v) is 12.5. The molecule has 0 radical (unpaired) electrons. The molecule has 0 saturated carbocycles. The van der Waals surface area contributed by atoms with Gasteiger partial charge in [-0.1, -0.05) is 12.1 Å². The van der Waals surface area contributed by atoms with Gasteiger partial charge in [0, 0.05) is 31.4 Å². The molecule has 2 rings (SSSR count). The maximum atomic E-state index is 12.5. The number of hydrogen-bond acceptors (Lipinski definition) is 12. The Morgan fingerprint density at radius 1 is 0.732 bits per heavy atom. The maximum absolute atomic E-state index is 12.5. The summed E-state index contributed by atoms with van der Waals surface area (Å²) in [5.74, 6) is -13.4. The number of aliphatic hydroxyl groups excluding tert-OH is 1. The van der Waals surface area contributed by atoms with Gasteiger partial charge >= 0.3 is 29.8 Å². The Labute approximate surface area is 318 Å². The summed E-state index contributed by atoms with van der Waals surface area (Å²) in [4.78, 5) is 105. The number of rotatable bonds is 28. The van der Waals surface area contributed by atoms with Crippen LogP contribution in [0.5, 0.6) is 5.75 Å². The molecule has 0 aliphatic carbocycles. The molecule has 306 valence electrons. The van der Waals surface area contributed by atoms with Crippen LogP contribution in [0.25, 0.3) is 0 Å². The van der Waals surface area contributed by atoms with E-state index < -0.39 is 110 Å². The maximum Gasteiger partial charge on any atom is 0.326 e. The molecule has 4 amide bonds. The molecule has 0 bridgehead atoms. The molecule has 1 heterocycles. The Morgan fingerprint density at radius 2 is 1.34 bits per heavy atom. The molecule has 0 spiro atoms. The number of carbonyl (C=O) groups excluding carboxylic acids is 4. The number of aliphatic hydroxyl groups is 1. The van der Waals surface area contributed by atoms with Crippen LogP contribution in [0.1, 0.15) is 61.8 Å². The van der Waals surface area contributed by atoms with Crippen LogP contribution in [0.15, 0.2) is 41.0 Å². The van der Waals surface area contributed by atoms with Gasteiger partial charge in [-0.3, -0.25) is 33.6 Å². The van der Waals surface area contributed by atoms with Gasteiger partial charge in [-0.25, -0.2) is 9.59 Å². The van der Waals surface area contributed by atoms with Crippen LogP contribution in [-0.2, 0) is 62.7 Å². The Hall–Kier alpha value is -6.51. The average molecular weight is 793 g/mol. The molecule has 2 aromatic rings. The summed E-state index contributed by atoms with van der Waals surface area (Å²) < 4.78 is 11.0. The topological polar surface area (TPSA) is 345 Å². The molecule has 21 heteroatoms. The number of carboxylic acids is 5. The standard InChI is InChI=1S/C35H44N4O17/c40-18-36-15-22-13-20(17-56-22)16-55-21-3-1-19(2-4-21)11-12-37-28(42)8-6-25(34(51)52)38-29(43)9-7-26(35(53)54)39-31(46)27(41)14-24(33(49)50)23(32(47)48)5-10-30(44)45/h1-4,13,17-18,23-27,41H,5-12,14-16H2,(H,36,40)(H,37,42)(H,38,43)(H,39,46)(H,44,45)(H,47,48)(H,49,50)(H,51,52)(H,53,54)/t23?,24?,25-,26-,27?/m0/s1. The van der Waals surface area contributed by atoms with Crippen molar-refractivity contribution >= 4 is 54.0 Å². The first-order valence-electron chi connectivity index (χ1n) is 17.1. The van der Waals surface area contributed by atoms with Crippen molar-refractivity contribution in [2.45, 2.75) is 82.7 Å². The zero-order chi connectivity index (χ0) is 41.8. The number of nitrogens with one attached hydrogen (secondary N) is 4. The number of aliphatic carboxylic acids is 5. The molecule has 56 heavy (non-hydrogen) atoms. The van der Waals surface area contributed by atoms with Crippen molar-refractivity contribution in [1.29, 1.82) is 0 Å². The van der Waals surface area contributed by atoms with Crippen molar-refractivity contribution in [2.75, 3.05) is 6.54 Å². The first-order chi connectivity index (χ1) is 26.5. The van der Waals surface area contributed by atoms with Crippen LogP contribution in [0.3, 0.4) is 0 Å². The molecule has 0 aliphatic heterocycles. The lowest BCUT2D eigenvalue weighted by Gasteiger charge is -2.23. The van der Waals surface area contributed by atoms with E-state index in [9.17, 15) is 68.7 Å². The third-order valence-corrected chi connectivity index (χ3v) is 8.27. The minimum absolute atomic E-state index is 0.217. The van der Waals surface area contributed by atoms with Crippen LogP contribution in [0.4, 0.5) is 0 Å². The van der Waals surface area contributed by atoms with E-state index in [0.717, 1.165) is 11.1 Å². The van der Waals surface area contributed by atoms with Crippen molar-refractivity contribution in [3.05, 3.63) is 53.5 Å². The molecule has 1 aromatic heterocycles. The fourth-order valence-electron chi connectivity index (χ4n) is 5.25. The zero-order valence-electron chi connectivity index (χ0n) is 29.9. The van der Waals surface area contributed by atoms with Crippen molar-refractivity contribution in [2.24, 2.45) is 11.8 Å². The van der Waals surface area contributed by atoms with Crippen LogP contribution >= 0.6 is 0 Å². The Kier molecular flexibility index (Phi) is 19.0. The summed E-state index contributed by atoms with van der Waals surface area (Å²) >= 11 is 0. The van der Waals surface area contributed by atoms with Gasteiger partial charge in [0.15, 0.2) is 0 Å². The predicted octanol–water partition coefficient (Wildman–Crippen LogP) is -0.520. The molecular formula is C35H44N4O17. The fourth-order valence-corrected chi connectivity index (χ4v) is 5.25. The van der Waals surface area contributed by atoms with Crippen LogP contribution in [0.2, 0.25) is 0 Å². The smallest absolute Gasteiger partial charge is 0.326 e. The monoisotopic (exact) mass is 792 g/mol. The summed E-state index contributed by atoms with van der Waals surface area (Å²) in [6.45, 7) is 0.712. The summed E-state index contributed by atoms with van der Waals surface area (Å²) in [7, 11) is 0. The van der Waals surface area contributed by atoms with Gasteiger partial charge in [-0.2, -0.15) is 0 Å². The number of carboxylic acid groups (broad SMARTS) is 5. The van der Waals surface area contributed by atoms with Gasteiger partial charge in [0.05, 0.1) is 24.6 Å². The highest BCUT2D eigenvalue weighted by atomic mass is 16.5. The van der Waals surface area contributed by atoms with E-state index in [1.165, 1.54) is 6.26 Å². The minimum Gasteiger partial charge on any atom is -0.489 e. The quantitative estimate of drug-likeness (QED) is 0.0485. The predicted molar refractivity (Wildman–Crippen MR) is 186 cm³/mol. The van der Waals surface area contributed by atoms with E-state index in [1.54, 1.807) is 30.3 Å². The van der Waals surface area contributed by atoms with E-state index in [-0.39, 0.29) is 32.5 Å². The third-order valence-electron chi connectivity index (χ3n) is 8.27. The average Bonchev–Trinajstić information content (AvgIpc) is 3.60. The Balaban J connectivity index is 1.79. The molecule has 21 nitrogen and oxygen atoms in total. The Morgan fingerprint density at radius 3 is 1.91 bits per heavy atom. The zero-order valence-corrected chi connectivity index (χ0v) is 29.9. The van der Waals surface area contributed by atoms with E-state index in [4.69, 9.17) is 14.3 Å². The largest absolute Gasteiger partial charge is 0.489 e. The lowest BCUT2D eigenvalue weighted by atomic mass is 9.84. The number of carbonyl (C=O) groups is 9. The summed E-state index contributed by atoms with van der Waals surface area (Å²) in [5, 5.41) is 66.2. The fraction of sp³-hybridized carbons (Fsp3) is 0.457. The summed E-state index contributed by atoms with van der Waals surface area (Å²) in [6, 6.07) is 5.49. The molecule has 5 atom stereocenters. The number of amides is 4. The van der Waals surface area contributed by atoms with E-state index in [2.05, 4.69) is 16.0 Å². The van der Waals surface area contributed by atoms with Crippen molar-refractivity contribution in [3.8, 4) is 5.75 Å². The molecular weight excluding hydrogens is 748 g/mol. The van der Waals surface area contributed by atoms with E-state index in [0.29, 0.717) is 24.3 Å². The van der Waals surface area contributed by atoms with Crippen molar-refractivity contribution < 1.29 is 82.9 Å². The van der Waals surface area contributed by atoms with Crippen LogP contribution in [-0.4, -0.2) is 109 Å². The van der Waals surface area contributed by atoms with E-state index in [1.807, 2.05) is 5.32 Å².